The van der Waals surface area contributed by atoms with Crippen LogP contribution >= 0.6 is 0 Å². The van der Waals surface area contributed by atoms with Gasteiger partial charge in [0.1, 0.15) is 11.1 Å². The lowest BCUT2D eigenvalue weighted by Crippen LogP contribution is -2.47. The van der Waals surface area contributed by atoms with E-state index in [0.29, 0.717) is 36.9 Å². The zero-order valence-corrected chi connectivity index (χ0v) is 17.3. The van der Waals surface area contributed by atoms with Crippen LogP contribution in [0.1, 0.15) is 28.8 Å². The fraction of sp³-hybridized carbons (Fsp3) is 0.273. The highest BCUT2D eigenvalue weighted by atomic mass is 32.2. The Morgan fingerprint density at radius 1 is 1.07 bits per heavy atom. The van der Waals surface area contributed by atoms with Gasteiger partial charge in [0.15, 0.2) is 0 Å². The SMILES string of the molecule is Cc1ccc(S(=O)(=O)N2CCC(NC(=O)c3cc4ccccc4oc3=O)CC2)cc1. The zero-order chi connectivity index (χ0) is 21.3. The number of amides is 1. The molecule has 8 heteroatoms. The molecule has 1 aliphatic rings. The summed E-state index contributed by atoms with van der Waals surface area (Å²) in [5, 5.41) is 3.51. The Bertz CT molecular complexity index is 1240. The van der Waals surface area contributed by atoms with Gasteiger partial charge in [0.05, 0.1) is 4.90 Å². The minimum atomic E-state index is -3.56. The number of sulfonamides is 1. The summed E-state index contributed by atoms with van der Waals surface area (Å²) in [7, 11) is -3.56. The normalized spacial score (nSPS) is 15.9. The Kier molecular flexibility index (Phi) is 5.44. The first kappa shape index (κ1) is 20.3. The van der Waals surface area contributed by atoms with E-state index in [1.165, 1.54) is 10.4 Å². The maximum atomic E-state index is 12.8. The highest BCUT2D eigenvalue weighted by Gasteiger charge is 2.30. The monoisotopic (exact) mass is 426 g/mol. The number of aryl methyl sites for hydroxylation is 1. The molecule has 4 rings (SSSR count). The van der Waals surface area contributed by atoms with Crippen LogP contribution in [0.15, 0.2) is 68.7 Å². The maximum Gasteiger partial charge on any atom is 0.349 e. The third-order valence-electron chi connectivity index (χ3n) is 5.33. The number of nitrogens with one attached hydrogen (secondary N) is 1. The van der Waals surface area contributed by atoms with E-state index in [1.54, 1.807) is 48.5 Å². The van der Waals surface area contributed by atoms with Crippen LogP contribution in [0.4, 0.5) is 0 Å². The molecule has 30 heavy (non-hydrogen) atoms. The molecule has 0 aliphatic carbocycles. The average molecular weight is 426 g/mol. The number of carbonyl (C=O) groups is 1. The molecule has 0 unspecified atom stereocenters. The largest absolute Gasteiger partial charge is 0.422 e. The number of rotatable bonds is 4. The van der Waals surface area contributed by atoms with Crippen molar-refractivity contribution in [1.82, 2.24) is 9.62 Å². The average Bonchev–Trinajstić information content (AvgIpc) is 2.74. The third kappa shape index (κ3) is 4.01. The third-order valence-corrected chi connectivity index (χ3v) is 7.25. The van der Waals surface area contributed by atoms with Crippen molar-refractivity contribution in [1.29, 1.82) is 0 Å². The van der Waals surface area contributed by atoms with Gasteiger partial charge in [-0.25, -0.2) is 13.2 Å². The Labute approximate surface area is 174 Å². The molecule has 1 fully saturated rings. The number of nitrogens with zero attached hydrogens (tertiary/aromatic N) is 1. The second kappa shape index (κ2) is 8.04. The molecule has 7 nitrogen and oxygen atoms in total. The fourth-order valence-corrected chi connectivity index (χ4v) is 5.05. The van der Waals surface area contributed by atoms with Crippen molar-refractivity contribution in [3.8, 4) is 0 Å². The van der Waals surface area contributed by atoms with Crippen LogP contribution in [0.3, 0.4) is 0 Å². The fourth-order valence-electron chi connectivity index (χ4n) is 3.58. The standard InChI is InChI=1S/C22H22N2O5S/c1-15-6-8-18(9-7-15)30(27,28)24-12-10-17(11-13-24)23-21(25)19-14-16-4-2-3-5-20(16)29-22(19)26/h2-9,14,17H,10-13H2,1H3,(H,23,25). The lowest BCUT2D eigenvalue weighted by molar-refractivity contribution is 0.0920. The van der Waals surface area contributed by atoms with Gasteiger partial charge in [-0.3, -0.25) is 4.79 Å². The summed E-state index contributed by atoms with van der Waals surface area (Å²) < 4.78 is 32.3. The molecule has 1 N–H and O–H groups in total. The van der Waals surface area contributed by atoms with E-state index in [4.69, 9.17) is 4.42 Å². The highest BCUT2D eigenvalue weighted by Crippen LogP contribution is 2.21. The summed E-state index contributed by atoms with van der Waals surface area (Å²) in [6.07, 6.45) is 0.936. The van der Waals surface area contributed by atoms with E-state index < -0.39 is 21.6 Å². The molecule has 3 aromatic rings. The van der Waals surface area contributed by atoms with Crippen LogP contribution in [-0.4, -0.2) is 37.8 Å². The van der Waals surface area contributed by atoms with Crippen molar-refractivity contribution < 1.29 is 17.6 Å². The van der Waals surface area contributed by atoms with Gasteiger partial charge in [0.25, 0.3) is 5.91 Å². The molecule has 0 atom stereocenters. The zero-order valence-electron chi connectivity index (χ0n) is 16.5. The van der Waals surface area contributed by atoms with Crippen LogP contribution in [0.25, 0.3) is 11.0 Å². The van der Waals surface area contributed by atoms with Crippen LogP contribution in [0.5, 0.6) is 0 Å². The summed E-state index contributed by atoms with van der Waals surface area (Å²) in [4.78, 5) is 25.0. The van der Waals surface area contributed by atoms with E-state index in [0.717, 1.165) is 5.56 Å². The van der Waals surface area contributed by atoms with Crippen molar-refractivity contribution in [2.24, 2.45) is 0 Å². The molecule has 2 heterocycles. The molecule has 156 valence electrons. The van der Waals surface area contributed by atoms with Crippen LogP contribution in [-0.2, 0) is 10.0 Å². The van der Waals surface area contributed by atoms with Gasteiger partial charge in [0.2, 0.25) is 10.0 Å². The summed E-state index contributed by atoms with van der Waals surface area (Å²) in [6, 6.07) is 15.1. The predicted molar refractivity (Wildman–Crippen MR) is 113 cm³/mol. The molecule has 0 saturated carbocycles. The second-order valence-electron chi connectivity index (χ2n) is 7.45. The van der Waals surface area contributed by atoms with Crippen molar-refractivity contribution in [2.45, 2.75) is 30.7 Å². The van der Waals surface area contributed by atoms with Gasteiger partial charge in [-0.2, -0.15) is 4.31 Å². The van der Waals surface area contributed by atoms with Gasteiger partial charge < -0.3 is 9.73 Å². The number of benzene rings is 2. The van der Waals surface area contributed by atoms with Crippen LogP contribution < -0.4 is 10.9 Å². The lowest BCUT2D eigenvalue weighted by Gasteiger charge is -2.31. The molecule has 1 amide bonds. The number of para-hydroxylation sites is 1. The quantitative estimate of drug-likeness (QED) is 0.647. The molecule has 1 aliphatic heterocycles. The van der Waals surface area contributed by atoms with Crippen molar-refractivity contribution in [2.75, 3.05) is 13.1 Å². The number of hydrogen-bond donors (Lipinski definition) is 1. The van der Waals surface area contributed by atoms with Gasteiger partial charge in [-0.05, 0) is 44.0 Å². The predicted octanol–water partition coefficient (Wildman–Crippen LogP) is 2.68. The lowest BCUT2D eigenvalue weighted by atomic mass is 10.1. The van der Waals surface area contributed by atoms with E-state index >= 15 is 0 Å². The first-order valence-corrected chi connectivity index (χ1v) is 11.2. The van der Waals surface area contributed by atoms with Crippen LogP contribution in [0.2, 0.25) is 0 Å². The van der Waals surface area contributed by atoms with Gasteiger partial charge in [-0.15, -0.1) is 0 Å². The van der Waals surface area contributed by atoms with E-state index in [-0.39, 0.29) is 16.5 Å². The number of piperidine rings is 1. The van der Waals surface area contributed by atoms with E-state index in [9.17, 15) is 18.0 Å². The Morgan fingerprint density at radius 3 is 2.43 bits per heavy atom. The molecule has 1 aromatic heterocycles. The molecule has 0 spiro atoms. The van der Waals surface area contributed by atoms with E-state index in [1.807, 2.05) is 6.92 Å². The van der Waals surface area contributed by atoms with Crippen molar-refractivity contribution >= 4 is 26.9 Å². The second-order valence-corrected chi connectivity index (χ2v) is 9.39. The van der Waals surface area contributed by atoms with Gasteiger partial charge in [0, 0.05) is 24.5 Å². The van der Waals surface area contributed by atoms with E-state index in [2.05, 4.69) is 5.32 Å². The summed E-state index contributed by atoms with van der Waals surface area (Å²) in [5.41, 5.74) is 0.677. The van der Waals surface area contributed by atoms with Crippen molar-refractivity contribution in [3.63, 3.8) is 0 Å². The number of hydrogen-bond acceptors (Lipinski definition) is 5. The topological polar surface area (TPSA) is 96.7 Å². The molecular formula is C22H22N2O5S. The van der Waals surface area contributed by atoms with Crippen molar-refractivity contribution in [3.05, 3.63) is 76.1 Å². The van der Waals surface area contributed by atoms with Gasteiger partial charge >= 0.3 is 5.63 Å². The van der Waals surface area contributed by atoms with Gasteiger partial charge in [-0.1, -0.05) is 35.9 Å². The Hall–Kier alpha value is -2.97. The molecule has 2 aromatic carbocycles. The molecule has 0 bridgehead atoms. The maximum absolute atomic E-state index is 12.8. The smallest absolute Gasteiger partial charge is 0.349 e. The summed E-state index contributed by atoms with van der Waals surface area (Å²) >= 11 is 0. The minimum Gasteiger partial charge on any atom is -0.422 e. The summed E-state index contributed by atoms with van der Waals surface area (Å²) in [6.45, 7) is 2.50. The highest BCUT2D eigenvalue weighted by molar-refractivity contribution is 7.89. The molecule has 0 radical (unpaired) electrons. The number of carbonyl (C=O) groups excluding carboxylic acids is 1. The number of fused-ring (bicyclic) bond motifs is 1. The Balaban J connectivity index is 1.42. The summed E-state index contributed by atoms with van der Waals surface area (Å²) in [5.74, 6) is -0.505. The first-order valence-electron chi connectivity index (χ1n) is 9.75. The minimum absolute atomic E-state index is 0.0524. The first-order chi connectivity index (χ1) is 14.3. The van der Waals surface area contributed by atoms with Crippen LogP contribution in [0, 0.1) is 6.92 Å². The molecular weight excluding hydrogens is 404 g/mol. The Morgan fingerprint density at radius 2 is 1.73 bits per heavy atom. The molecule has 1 saturated heterocycles.